The van der Waals surface area contributed by atoms with Crippen LogP contribution >= 0.6 is 0 Å². The molecule has 0 spiro atoms. The average molecular weight is 188 g/mol. The van der Waals surface area contributed by atoms with E-state index in [1.54, 1.807) is 6.92 Å². The fourth-order valence-electron chi connectivity index (χ4n) is 0.542. The summed E-state index contributed by atoms with van der Waals surface area (Å²) in [6.07, 6.45) is -0.153. The molecule has 6 nitrogen and oxygen atoms in total. The first kappa shape index (κ1) is 11.4. The van der Waals surface area contributed by atoms with E-state index >= 15 is 0 Å². The van der Waals surface area contributed by atoms with Crippen LogP contribution in [0.3, 0.4) is 0 Å². The van der Waals surface area contributed by atoms with Crippen LogP contribution in [0.1, 0.15) is 13.3 Å². The number of carboxylic acids is 1. The van der Waals surface area contributed by atoms with E-state index < -0.39 is 11.9 Å². The van der Waals surface area contributed by atoms with Crippen LogP contribution in [-0.2, 0) is 14.3 Å². The predicted molar refractivity (Wildman–Crippen MR) is 45.4 cm³/mol. The summed E-state index contributed by atoms with van der Waals surface area (Å²) < 4.78 is 4.52. The molecule has 0 rings (SSSR count). The molecule has 0 saturated carbocycles. The van der Waals surface area contributed by atoms with Crippen LogP contribution < -0.4 is 5.73 Å². The van der Waals surface area contributed by atoms with Gasteiger partial charge >= 0.3 is 11.9 Å². The zero-order chi connectivity index (χ0) is 10.3. The number of ether oxygens (including phenoxy) is 1. The Morgan fingerprint density at radius 2 is 2.15 bits per heavy atom. The van der Waals surface area contributed by atoms with Gasteiger partial charge in [-0.25, -0.2) is 4.79 Å². The summed E-state index contributed by atoms with van der Waals surface area (Å²) in [4.78, 5) is 24.4. The first-order chi connectivity index (χ1) is 6.07. The molecule has 3 N–H and O–H groups in total. The Bertz CT molecular complexity index is 225. The molecule has 0 radical (unpaired) electrons. The van der Waals surface area contributed by atoms with Crippen LogP contribution in [-0.4, -0.2) is 36.0 Å². The Hall–Kier alpha value is -1.59. The third-order valence-electron chi connectivity index (χ3n) is 1.09. The van der Waals surface area contributed by atoms with Crippen molar-refractivity contribution in [3.05, 3.63) is 0 Å². The number of carboxylic acid groups (broad SMARTS) is 1. The van der Waals surface area contributed by atoms with Crippen molar-refractivity contribution in [2.24, 2.45) is 10.7 Å². The molecular formula is C7H12N2O4. The van der Waals surface area contributed by atoms with Crippen molar-refractivity contribution >= 4 is 17.8 Å². The third-order valence-corrected chi connectivity index (χ3v) is 1.09. The minimum atomic E-state index is -0.986. The maximum atomic E-state index is 10.8. The molecule has 0 saturated heterocycles. The Kier molecular flexibility index (Phi) is 5.25. The van der Waals surface area contributed by atoms with Gasteiger partial charge in [0.1, 0.15) is 0 Å². The lowest BCUT2D eigenvalue weighted by Crippen LogP contribution is -2.26. The van der Waals surface area contributed by atoms with Crippen molar-refractivity contribution in [1.82, 2.24) is 0 Å². The summed E-state index contributed by atoms with van der Waals surface area (Å²) in [6, 6.07) is 0. The largest absolute Gasteiger partial charge is 0.481 e. The Labute approximate surface area is 75.4 Å². The van der Waals surface area contributed by atoms with E-state index in [2.05, 4.69) is 9.73 Å². The number of nitrogens with two attached hydrogens (primary N) is 1. The highest BCUT2D eigenvalue weighted by Crippen LogP contribution is 1.84. The first-order valence-corrected chi connectivity index (χ1v) is 3.76. The standard InChI is InChI=1S/C7H12N2O4/c1-2-13-7(12)6(8)9-4-3-5(10)11/h2-4H2,1H3,(H2,8,9)(H,10,11). The van der Waals surface area contributed by atoms with E-state index in [1.807, 2.05) is 0 Å². The van der Waals surface area contributed by atoms with Crippen molar-refractivity contribution < 1.29 is 19.4 Å². The fraction of sp³-hybridized carbons (Fsp3) is 0.571. The smallest absolute Gasteiger partial charge is 0.373 e. The third kappa shape index (κ3) is 5.66. The van der Waals surface area contributed by atoms with Crippen molar-refractivity contribution in [1.29, 1.82) is 0 Å². The Morgan fingerprint density at radius 1 is 1.54 bits per heavy atom. The van der Waals surface area contributed by atoms with Crippen LogP contribution in [0.4, 0.5) is 0 Å². The molecule has 13 heavy (non-hydrogen) atoms. The molecule has 0 aliphatic rings. The zero-order valence-corrected chi connectivity index (χ0v) is 7.32. The SMILES string of the molecule is CCOC(=O)C(N)=NCCC(=O)O. The van der Waals surface area contributed by atoms with Gasteiger partial charge in [-0.2, -0.15) is 0 Å². The average Bonchev–Trinajstić information content (AvgIpc) is 2.04. The predicted octanol–water partition coefficient (Wildman–Crippen LogP) is -0.619. The number of rotatable bonds is 4. The van der Waals surface area contributed by atoms with Crippen LogP contribution in [0.5, 0.6) is 0 Å². The van der Waals surface area contributed by atoms with Crippen molar-refractivity contribution in [2.75, 3.05) is 13.2 Å². The van der Waals surface area contributed by atoms with Gasteiger partial charge in [0.2, 0.25) is 5.84 Å². The maximum Gasteiger partial charge on any atom is 0.373 e. The van der Waals surface area contributed by atoms with Crippen molar-refractivity contribution in [2.45, 2.75) is 13.3 Å². The minimum Gasteiger partial charge on any atom is -0.481 e. The van der Waals surface area contributed by atoms with Gasteiger partial charge in [-0.15, -0.1) is 0 Å². The highest BCUT2D eigenvalue weighted by Gasteiger charge is 2.06. The van der Waals surface area contributed by atoms with Gasteiger partial charge in [0.05, 0.1) is 19.6 Å². The summed E-state index contributed by atoms with van der Waals surface area (Å²) in [5.41, 5.74) is 5.17. The summed E-state index contributed by atoms with van der Waals surface area (Å²) >= 11 is 0. The number of hydrogen-bond donors (Lipinski definition) is 2. The summed E-state index contributed by atoms with van der Waals surface area (Å²) in [5.74, 6) is -1.99. The Balaban J connectivity index is 3.87. The number of aliphatic carboxylic acids is 1. The summed E-state index contributed by atoms with van der Waals surface area (Å²) in [5, 5.41) is 8.24. The second kappa shape index (κ2) is 5.99. The molecular weight excluding hydrogens is 176 g/mol. The van der Waals surface area contributed by atoms with Gasteiger partial charge in [0.25, 0.3) is 0 Å². The molecule has 0 amide bonds. The molecule has 0 aromatic carbocycles. The number of aliphatic imine (C=N–C) groups is 1. The second-order valence-electron chi connectivity index (χ2n) is 2.13. The Morgan fingerprint density at radius 3 is 2.62 bits per heavy atom. The zero-order valence-electron chi connectivity index (χ0n) is 7.32. The molecule has 0 aliphatic heterocycles. The van der Waals surface area contributed by atoms with E-state index in [0.717, 1.165) is 0 Å². The molecule has 74 valence electrons. The highest BCUT2D eigenvalue weighted by molar-refractivity contribution is 6.34. The number of amidine groups is 1. The number of esters is 1. The molecule has 6 heteroatoms. The molecule has 0 aromatic heterocycles. The monoisotopic (exact) mass is 188 g/mol. The quantitative estimate of drug-likeness (QED) is 0.348. The first-order valence-electron chi connectivity index (χ1n) is 3.76. The number of nitrogens with zero attached hydrogens (tertiary/aromatic N) is 1. The molecule has 0 bridgehead atoms. The number of hydrogen-bond acceptors (Lipinski definition) is 4. The van der Waals surface area contributed by atoms with Crippen molar-refractivity contribution in [3.63, 3.8) is 0 Å². The van der Waals surface area contributed by atoms with Gasteiger partial charge < -0.3 is 15.6 Å². The lowest BCUT2D eigenvalue weighted by Gasteiger charge is -1.99. The van der Waals surface area contributed by atoms with Crippen LogP contribution in [0.15, 0.2) is 4.99 Å². The van der Waals surface area contributed by atoms with E-state index in [0.29, 0.717) is 0 Å². The molecule has 0 atom stereocenters. The lowest BCUT2D eigenvalue weighted by atomic mass is 10.4. The normalized spacial score (nSPS) is 11.0. The number of carbonyl (C=O) groups excluding carboxylic acids is 1. The van der Waals surface area contributed by atoms with Gasteiger partial charge in [0, 0.05) is 0 Å². The van der Waals surface area contributed by atoms with Crippen molar-refractivity contribution in [3.8, 4) is 0 Å². The van der Waals surface area contributed by atoms with Gasteiger partial charge in [0.15, 0.2) is 0 Å². The van der Waals surface area contributed by atoms with Crippen LogP contribution in [0.25, 0.3) is 0 Å². The summed E-state index contributed by atoms with van der Waals surface area (Å²) in [6.45, 7) is 1.84. The van der Waals surface area contributed by atoms with Gasteiger partial charge in [-0.05, 0) is 6.92 Å². The van der Waals surface area contributed by atoms with E-state index in [-0.39, 0.29) is 25.4 Å². The highest BCUT2D eigenvalue weighted by atomic mass is 16.5. The second-order valence-corrected chi connectivity index (χ2v) is 2.13. The molecule has 0 aromatic rings. The fourth-order valence-corrected chi connectivity index (χ4v) is 0.542. The maximum absolute atomic E-state index is 10.8. The van der Waals surface area contributed by atoms with E-state index in [4.69, 9.17) is 10.8 Å². The molecule has 0 unspecified atom stereocenters. The van der Waals surface area contributed by atoms with Gasteiger partial charge in [-0.3, -0.25) is 9.79 Å². The number of carbonyl (C=O) groups is 2. The van der Waals surface area contributed by atoms with E-state index in [1.165, 1.54) is 0 Å². The summed E-state index contributed by atoms with van der Waals surface area (Å²) in [7, 11) is 0. The van der Waals surface area contributed by atoms with E-state index in [9.17, 15) is 9.59 Å². The minimum absolute atomic E-state index is 0.0139. The molecule has 0 fully saturated rings. The van der Waals surface area contributed by atoms with Crippen LogP contribution in [0, 0.1) is 0 Å². The molecule has 0 aliphatic carbocycles. The molecule has 0 heterocycles. The van der Waals surface area contributed by atoms with Gasteiger partial charge in [-0.1, -0.05) is 0 Å². The van der Waals surface area contributed by atoms with Crippen LogP contribution in [0.2, 0.25) is 0 Å². The topological polar surface area (TPSA) is 102 Å². The lowest BCUT2D eigenvalue weighted by molar-refractivity contribution is -0.137.